The highest BCUT2D eigenvalue weighted by molar-refractivity contribution is 6.06. The molecule has 0 radical (unpaired) electrons. The summed E-state index contributed by atoms with van der Waals surface area (Å²) in [6.45, 7) is 4.18. The van der Waals surface area contributed by atoms with E-state index in [1.54, 1.807) is 10.8 Å². The number of carbonyl (C=O) groups excluding carboxylic acids is 1. The zero-order valence-corrected chi connectivity index (χ0v) is 17.8. The minimum Gasteiger partial charge on any atom is -0.268 e. The Morgan fingerprint density at radius 3 is 2.67 bits per heavy atom. The van der Waals surface area contributed by atoms with Crippen molar-refractivity contribution in [3.05, 3.63) is 53.4 Å². The van der Waals surface area contributed by atoms with E-state index in [4.69, 9.17) is 9.98 Å². The average Bonchev–Trinajstić information content (AvgIpc) is 3.52. The van der Waals surface area contributed by atoms with Crippen LogP contribution in [0, 0.1) is 0 Å². The molecule has 0 spiro atoms. The first kappa shape index (κ1) is 19.2. The third kappa shape index (κ3) is 3.59. The van der Waals surface area contributed by atoms with Gasteiger partial charge in [0.2, 0.25) is 0 Å². The van der Waals surface area contributed by atoms with Crippen LogP contribution in [0.15, 0.2) is 41.7 Å². The van der Waals surface area contributed by atoms with Crippen molar-refractivity contribution in [3.8, 4) is 0 Å². The van der Waals surface area contributed by atoms with Crippen molar-refractivity contribution < 1.29 is 4.79 Å². The molecule has 0 amide bonds. The molecule has 3 heterocycles. The molecule has 0 atom stereocenters. The molecule has 2 aliphatic carbocycles. The molecule has 2 fully saturated rings. The van der Waals surface area contributed by atoms with Gasteiger partial charge in [-0.25, -0.2) is 9.67 Å². The van der Waals surface area contributed by atoms with Crippen molar-refractivity contribution >= 4 is 16.9 Å². The van der Waals surface area contributed by atoms with E-state index in [1.807, 2.05) is 35.1 Å². The zero-order valence-electron chi connectivity index (χ0n) is 17.8. The van der Waals surface area contributed by atoms with Gasteiger partial charge in [0.15, 0.2) is 5.65 Å². The topological polar surface area (TPSA) is 65.1 Å². The van der Waals surface area contributed by atoms with E-state index in [1.165, 1.54) is 19.3 Å². The summed E-state index contributed by atoms with van der Waals surface area (Å²) in [4.78, 5) is 23.6. The minimum absolute atomic E-state index is 0.0530. The summed E-state index contributed by atoms with van der Waals surface area (Å²) in [5.41, 5.74) is 3.23. The predicted molar refractivity (Wildman–Crippen MR) is 116 cm³/mol. The Balaban J connectivity index is 1.63. The highest BCUT2D eigenvalue weighted by Gasteiger charge is 2.28. The predicted octanol–water partition coefficient (Wildman–Crippen LogP) is 4.61. The van der Waals surface area contributed by atoms with Gasteiger partial charge in [0.1, 0.15) is 5.49 Å². The summed E-state index contributed by atoms with van der Waals surface area (Å²) in [6, 6.07) is 8.29. The quantitative estimate of drug-likeness (QED) is 0.639. The van der Waals surface area contributed by atoms with Gasteiger partial charge in [-0.1, -0.05) is 25.3 Å². The Labute approximate surface area is 176 Å². The lowest BCUT2D eigenvalue weighted by atomic mass is 9.96. The molecule has 0 aromatic carbocycles. The van der Waals surface area contributed by atoms with Crippen LogP contribution in [0.4, 0.5) is 0 Å². The standard InChI is InChI=1S/C24H29N5O/c1-16(2)29-23-20(15-25-29)19(14-21(27-23)17-11-12-17)24(30)28-13-7-6-10-22(28)26-18-8-4-3-5-9-18/h6-7,10,13-18H,3-5,8-9,11-12H2,1-2H3. The molecule has 5 rings (SSSR count). The highest BCUT2D eigenvalue weighted by atomic mass is 16.2. The molecule has 0 aliphatic heterocycles. The fraction of sp³-hybridized carbons (Fsp3) is 0.500. The van der Waals surface area contributed by atoms with E-state index in [2.05, 4.69) is 18.9 Å². The lowest BCUT2D eigenvalue weighted by molar-refractivity contribution is 0.0956. The van der Waals surface area contributed by atoms with Crippen molar-refractivity contribution in [1.82, 2.24) is 19.3 Å². The number of pyridine rings is 2. The molecule has 6 heteroatoms. The van der Waals surface area contributed by atoms with Gasteiger partial charge in [-0.15, -0.1) is 0 Å². The highest BCUT2D eigenvalue weighted by Crippen LogP contribution is 2.40. The second-order valence-electron chi connectivity index (χ2n) is 8.94. The van der Waals surface area contributed by atoms with Crippen molar-refractivity contribution in [2.75, 3.05) is 0 Å². The molecule has 2 aliphatic rings. The van der Waals surface area contributed by atoms with Gasteiger partial charge in [0.05, 0.1) is 23.2 Å². The molecule has 3 aromatic heterocycles. The number of hydrogen-bond donors (Lipinski definition) is 0. The molecule has 30 heavy (non-hydrogen) atoms. The van der Waals surface area contributed by atoms with E-state index < -0.39 is 0 Å². The molecule has 3 aromatic rings. The van der Waals surface area contributed by atoms with Crippen LogP contribution in [-0.4, -0.2) is 31.3 Å². The molecule has 0 saturated heterocycles. The fourth-order valence-electron chi connectivity index (χ4n) is 4.42. The number of hydrogen-bond acceptors (Lipinski definition) is 4. The maximum atomic E-state index is 13.7. The van der Waals surface area contributed by atoms with Crippen LogP contribution in [-0.2, 0) is 0 Å². The van der Waals surface area contributed by atoms with E-state index in [9.17, 15) is 4.79 Å². The third-order valence-corrected chi connectivity index (χ3v) is 6.25. The second kappa shape index (κ2) is 7.82. The number of nitrogens with zero attached hydrogens (tertiary/aromatic N) is 5. The Bertz CT molecular complexity index is 1150. The van der Waals surface area contributed by atoms with E-state index >= 15 is 0 Å². The van der Waals surface area contributed by atoms with Gasteiger partial charge in [-0.05, 0) is 57.7 Å². The molecule has 0 unspecified atom stereocenters. The first-order chi connectivity index (χ1) is 14.6. The number of fused-ring (bicyclic) bond motifs is 1. The summed E-state index contributed by atoms with van der Waals surface area (Å²) < 4.78 is 3.62. The van der Waals surface area contributed by atoms with Crippen LogP contribution < -0.4 is 5.49 Å². The van der Waals surface area contributed by atoms with Crippen LogP contribution >= 0.6 is 0 Å². The first-order valence-corrected chi connectivity index (χ1v) is 11.3. The average molecular weight is 404 g/mol. The van der Waals surface area contributed by atoms with Crippen LogP contribution in [0.2, 0.25) is 0 Å². The van der Waals surface area contributed by atoms with Gasteiger partial charge in [-0.3, -0.25) is 14.4 Å². The monoisotopic (exact) mass is 403 g/mol. The number of aromatic nitrogens is 4. The van der Waals surface area contributed by atoms with Crippen LogP contribution in [0.3, 0.4) is 0 Å². The summed E-state index contributed by atoms with van der Waals surface area (Å²) in [5.74, 6) is 0.409. The Kier molecular flexibility index (Phi) is 5.01. The maximum absolute atomic E-state index is 13.7. The molecule has 0 N–H and O–H groups in total. The third-order valence-electron chi connectivity index (χ3n) is 6.25. The Hall–Kier alpha value is -2.76. The molecule has 156 valence electrons. The van der Waals surface area contributed by atoms with E-state index in [0.717, 1.165) is 47.9 Å². The van der Waals surface area contributed by atoms with Crippen molar-refractivity contribution in [3.63, 3.8) is 0 Å². The largest absolute Gasteiger partial charge is 0.268 e. The number of carbonyl (C=O) groups is 1. The summed E-state index contributed by atoms with van der Waals surface area (Å²) in [5, 5.41) is 5.36. The maximum Gasteiger partial charge on any atom is 0.264 e. The normalized spacial score (nSPS) is 18.4. The fourth-order valence-corrected chi connectivity index (χ4v) is 4.42. The van der Waals surface area contributed by atoms with Gasteiger partial charge in [0, 0.05) is 23.9 Å². The van der Waals surface area contributed by atoms with Crippen molar-refractivity contribution in [2.45, 2.75) is 76.8 Å². The Morgan fingerprint density at radius 1 is 1.13 bits per heavy atom. The van der Waals surface area contributed by atoms with Gasteiger partial charge in [-0.2, -0.15) is 5.10 Å². The molecule has 2 saturated carbocycles. The molecule has 6 nitrogen and oxygen atoms in total. The summed E-state index contributed by atoms with van der Waals surface area (Å²) in [6.07, 6.45) is 11.8. The van der Waals surface area contributed by atoms with Crippen LogP contribution in [0.25, 0.3) is 11.0 Å². The lowest BCUT2D eigenvalue weighted by Gasteiger charge is -2.18. The lowest BCUT2D eigenvalue weighted by Crippen LogP contribution is -2.29. The summed E-state index contributed by atoms with van der Waals surface area (Å²) in [7, 11) is 0. The Morgan fingerprint density at radius 2 is 1.93 bits per heavy atom. The minimum atomic E-state index is -0.0530. The van der Waals surface area contributed by atoms with Crippen molar-refractivity contribution in [1.29, 1.82) is 0 Å². The molecular formula is C24H29N5O. The van der Waals surface area contributed by atoms with Crippen LogP contribution in [0.1, 0.15) is 86.8 Å². The van der Waals surface area contributed by atoms with Gasteiger partial charge in [0.25, 0.3) is 5.91 Å². The van der Waals surface area contributed by atoms with E-state index in [-0.39, 0.29) is 11.9 Å². The summed E-state index contributed by atoms with van der Waals surface area (Å²) >= 11 is 0. The molecular weight excluding hydrogens is 374 g/mol. The van der Waals surface area contributed by atoms with Gasteiger partial charge >= 0.3 is 0 Å². The zero-order chi connectivity index (χ0) is 20.7. The van der Waals surface area contributed by atoms with E-state index in [0.29, 0.717) is 17.5 Å². The SMILES string of the molecule is CC(C)n1ncc2c(C(=O)n3ccccc3=NC3CCCCC3)cc(C3CC3)nc21. The van der Waals surface area contributed by atoms with Crippen LogP contribution in [0.5, 0.6) is 0 Å². The van der Waals surface area contributed by atoms with Crippen molar-refractivity contribution in [2.24, 2.45) is 4.99 Å². The second-order valence-corrected chi connectivity index (χ2v) is 8.94. The molecule has 0 bridgehead atoms. The number of rotatable bonds is 4. The van der Waals surface area contributed by atoms with Gasteiger partial charge < -0.3 is 0 Å². The smallest absolute Gasteiger partial charge is 0.264 e. The first-order valence-electron chi connectivity index (χ1n) is 11.3.